The summed E-state index contributed by atoms with van der Waals surface area (Å²) in [4.78, 5) is 26.8. The van der Waals surface area contributed by atoms with E-state index < -0.39 is 5.82 Å². The minimum atomic E-state index is -0.439. The van der Waals surface area contributed by atoms with E-state index in [4.69, 9.17) is 9.47 Å². The molecule has 0 radical (unpaired) electrons. The van der Waals surface area contributed by atoms with Crippen molar-refractivity contribution in [1.29, 1.82) is 0 Å². The second-order valence-electron chi connectivity index (χ2n) is 5.26. The molecule has 126 valence electrons. The zero-order valence-electron chi connectivity index (χ0n) is 13.1. The third kappa shape index (κ3) is 3.98. The molecule has 0 aliphatic carbocycles. The van der Waals surface area contributed by atoms with Gasteiger partial charge in [0.2, 0.25) is 0 Å². The Morgan fingerprint density at radius 2 is 1.92 bits per heavy atom. The van der Waals surface area contributed by atoms with Crippen LogP contribution in [0.3, 0.4) is 0 Å². The molecule has 0 unspecified atom stereocenters. The number of carbonyl (C=O) groups is 2. The molecule has 0 atom stereocenters. The number of aromatic nitrogens is 1. The first-order chi connectivity index (χ1) is 12.2. The van der Waals surface area contributed by atoms with Gasteiger partial charge in [-0.15, -0.1) is 0 Å². The molecule has 3 aromatic rings. The summed E-state index contributed by atoms with van der Waals surface area (Å²) in [5.74, 6) is -0.337. The molecule has 0 aliphatic rings. The number of carbonyl (C=O) groups excluding carboxylic acids is 2. The molecule has 0 N–H and O–H groups in total. The van der Waals surface area contributed by atoms with Crippen molar-refractivity contribution >= 4 is 23.2 Å². The Balaban J connectivity index is 1.88. The second-order valence-corrected chi connectivity index (χ2v) is 5.26. The van der Waals surface area contributed by atoms with E-state index in [1.807, 2.05) is 6.07 Å². The number of rotatable bonds is 7. The van der Waals surface area contributed by atoms with Crippen molar-refractivity contribution in [3.63, 3.8) is 0 Å². The number of pyridine rings is 1. The number of halogens is 1. The lowest BCUT2D eigenvalue weighted by Gasteiger charge is -2.11. The van der Waals surface area contributed by atoms with Crippen molar-refractivity contribution in [2.24, 2.45) is 0 Å². The van der Waals surface area contributed by atoms with Gasteiger partial charge < -0.3 is 9.47 Å². The van der Waals surface area contributed by atoms with Gasteiger partial charge in [-0.05, 0) is 18.2 Å². The maximum atomic E-state index is 13.6. The van der Waals surface area contributed by atoms with E-state index in [9.17, 15) is 14.0 Å². The normalized spacial score (nSPS) is 10.4. The molecule has 1 heterocycles. The highest BCUT2D eigenvalue weighted by Crippen LogP contribution is 2.27. The number of fused-ring (bicyclic) bond motifs is 1. The number of hydrogen-bond acceptors (Lipinski definition) is 5. The first kappa shape index (κ1) is 16.6. The Hall–Kier alpha value is -3.28. The minimum absolute atomic E-state index is 0.0419. The fraction of sp³-hybridized carbons (Fsp3) is 0.105. The molecule has 3 rings (SSSR count). The predicted molar refractivity (Wildman–Crippen MR) is 88.8 cm³/mol. The van der Waals surface area contributed by atoms with Crippen LogP contribution in [-0.2, 0) is 16.1 Å². The van der Waals surface area contributed by atoms with E-state index in [1.165, 1.54) is 24.3 Å². The fourth-order valence-corrected chi connectivity index (χ4v) is 2.38. The topological polar surface area (TPSA) is 65.5 Å². The summed E-state index contributed by atoms with van der Waals surface area (Å²) >= 11 is 0. The van der Waals surface area contributed by atoms with Crippen molar-refractivity contribution < 1.29 is 23.5 Å². The third-order valence-electron chi connectivity index (χ3n) is 3.54. The summed E-state index contributed by atoms with van der Waals surface area (Å²) in [7, 11) is 0. The number of ketones is 1. The molecule has 0 saturated carbocycles. The minimum Gasteiger partial charge on any atom is -0.485 e. The lowest BCUT2D eigenvalue weighted by molar-refractivity contribution is -0.129. The number of ether oxygens (including phenoxy) is 2. The van der Waals surface area contributed by atoms with E-state index >= 15 is 0 Å². The maximum absolute atomic E-state index is 13.6. The Morgan fingerprint density at radius 1 is 1.12 bits per heavy atom. The molecular formula is C19H14FNO4. The van der Waals surface area contributed by atoms with Crippen LogP contribution in [-0.4, -0.2) is 23.8 Å². The SMILES string of the molecule is O=COCc1cc(OCC(=O)c2ccccc2)c2cc(F)ccc2n1. The predicted octanol–water partition coefficient (Wildman–Crippen LogP) is 3.31. The van der Waals surface area contributed by atoms with Crippen molar-refractivity contribution in [3.8, 4) is 5.75 Å². The Bertz CT molecular complexity index is 912. The summed E-state index contributed by atoms with van der Waals surface area (Å²) in [5, 5.41) is 0.440. The van der Waals surface area contributed by atoms with Crippen LogP contribution in [0, 0.1) is 5.82 Å². The zero-order valence-corrected chi connectivity index (χ0v) is 13.1. The van der Waals surface area contributed by atoms with Crippen molar-refractivity contribution in [3.05, 3.63) is 71.7 Å². The van der Waals surface area contributed by atoms with Crippen molar-refractivity contribution in [2.75, 3.05) is 6.61 Å². The van der Waals surface area contributed by atoms with E-state index in [1.54, 1.807) is 24.3 Å². The van der Waals surface area contributed by atoms with Crippen molar-refractivity contribution in [2.45, 2.75) is 6.61 Å². The largest absolute Gasteiger partial charge is 0.485 e. The van der Waals surface area contributed by atoms with Crippen LogP contribution in [0.5, 0.6) is 5.75 Å². The van der Waals surface area contributed by atoms with Gasteiger partial charge in [-0.2, -0.15) is 0 Å². The van der Waals surface area contributed by atoms with Crippen LogP contribution in [0.1, 0.15) is 16.1 Å². The molecule has 0 bridgehead atoms. The van der Waals surface area contributed by atoms with Gasteiger partial charge in [0.15, 0.2) is 12.4 Å². The fourth-order valence-electron chi connectivity index (χ4n) is 2.38. The van der Waals surface area contributed by atoms with E-state index in [2.05, 4.69) is 4.98 Å². The summed E-state index contributed by atoms with van der Waals surface area (Å²) in [5.41, 5.74) is 1.44. The molecule has 5 nitrogen and oxygen atoms in total. The average Bonchev–Trinajstić information content (AvgIpc) is 2.65. The maximum Gasteiger partial charge on any atom is 0.293 e. The quantitative estimate of drug-likeness (QED) is 0.488. The Kier molecular flexibility index (Phi) is 4.99. The van der Waals surface area contributed by atoms with Crippen LogP contribution in [0.4, 0.5) is 4.39 Å². The molecule has 0 saturated heterocycles. The zero-order chi connectivity index (χ0) is 17.6. The summed E-state index contributed by atoms with van der Waals surface area (Å²) in [6, 6.07) is 14.3. The average molecular weight is 339 g/mol. The molecule has 6 heteroatoms. The molecule has 1 aromatic heterocycles. The molecule has 0 aliphatic heterocycles. The smallest absolute Gasteiger partial charge is 0.293 e. The lowest BCUT2D eigenvalue weighted by atomic mass is 10.1. The van der Waals surface area contributed by atoms with Gasteiger partial charge in [0, 0.05) is 17.0 Å². The Morgan fingerprint density at radius 3 is 2.68 bits per heavy atom. The molecule has 25 heavy (non-hydrogen) atoms. The van der Waals surface area contributed by atoms with Gasteiger partial charge in [-0.1, -0.05) is 30.3 Å². The molecule has 2 aromatic carbocycles. The highest BCUT2D eigenvalue weighted by atomic mass is 19.1. The van der Waals surface area contributed by atoms with Crippen LogP contribution in [0.2, 0.25) is 0 Å². The van der Waals surface area contributed by atoms with Gasteiger partial charge in [0.1, 0.15) is 18.2 Å². The van der Waals surface area contributed by atoms with Gasteiger partial charge in [0.25, 0.3) is 6.47 Å². The first-order valence-electron chi connectivity index (χ1n) is 7.53. The van der Waals surface area contributed by atoms with E-state index in [0.29, 0.717) is 34.4 Å². The van der Waals surface area contributed by atoms with Crippen molar-refractivity contribution in [1.82, 2.24) is 4.98 Å². The summed E-state index contributed by atoms with van der Waals surface area (Å²) in [6.07, 6.45) is 0. The lowest BCUT2D eigenvalue weighted by Crippen LogP contribution is -2.12. The highest BCUT2D eigenvalue weighted by molar-refractivity contribution is 5.97. The second kappa shape index (κ2) is 7.53. The molecular weight excluding hydrogens is 325 g/mol. The highest BCUT2D eigenvalue weighted by Gasteiger charge is 2.12. The van der Waals surface area contributed by atoms with Gasteiger partial charge in [0.05, 0.1) is 11.2 Å². The number of Topliss-reactive ketones (excluding diaryl/α,β-unsaturated/α-hetero) is 1. The van der Waals surface area contributed by atoms with Gasteiger partial charge in [-0.3, -0.25) is 9.59 Å². The molecule has 0 spiro atoms. The van der Waals surface area contributed by atoms with Gasteiger partial charge >= 0.3 is 0 Å². The molecule has 0 amide bonds. The van der Waals surface area contributed by atoms with Gasteiger partial charge in [-0.25, -0.2) is 9.37 Å². The van der Waals surface area contributed by atoms with E-state index in [-0.39, 0.29) is 19.0 Å². The number of hydrogen-bond donors (Lipinski definition) is 0. The van der Waals surface area contributed by atoms with Crippen LogP contribution < -0.4 is 4.74 Å². The van der Waals surface area contributed by atoms with Crippen LogP contribution >= 0.6 is 0 Å². The molecule has 0 fully saturated rings. The summed E-state index contributed by atoms with van der Waals surface area (Å²) < 4.78 is 23.9. The number of benzene rings is 2. The summed E-state index contributed by atoms with van der Waals surface area (Å²) in [6.45, 7) is 0.0728. The van der Waals surface area contributed by atoms with E-state index in [0.717, 1.165) is 0 Å². The van der Waals surface area contributed by atoms with Crippen LogP contribution in [0.15, 0.2) is 54.6 Å². The standard InChI is InChI=1S/C19H14FNO4/c20-14-6-7-17-16(8-14)19(9-15(21-17)10-24-12-22)25-11-18(23)13-4-2-1-3-5-13/h1-9,12H,10-11H2. The first-order valence-corrected chi connectivity index (χ1v) is 7.53. The van der Waals surface area contributed by atoms with Crippen LogP contribution in [0.25, 0.3) is 10.9 Å². The monoisotopic (exact) mass is 339 g/mol. The third-order valence-corrected chi connectivity index (χ3v) is 3.54. The Labute approximate surface area is 143 Å². The number of nitrogens with zero attached hydrogens (tertiary/aromatic N) is 1.